The van der Waals surface area contributed by atoms with E-state index in [2.05, 4.69) is 12.6 Å². The summed E-state index contributed by atoms with van der Waals surface area (Å²) in [7, 11) is 0. The maximum atomic E-state index is 9.57. The molecule has 2 aromatic carbocycles. The van der Waals surface area contributed by atoms with E-state index in [1.165, 1.54) is 12.1 Å². The topological polar surface area (TPSA) is 49.7 Å². The van der Waals surface area contributed by atoms with Crippen molar-refractivity contribution < 1.29 is 14.9 Å². The Bertz CT molecular complexity index is 624. The molecule has 0 spiro atoms. The molecule has 21 heavy (non-hydrogen) atoms. The summed E-state index contributed by atoms with van der Waals surface area (Å²) in [4.78, 5) is 0.582. The molecule has 2 rings (SSSR count). The van der Waals surface area contributed by atoms with Crippen molar-refractivity contribution in [2.45, 2.75) is 17.7 Å². The Kier molecular flexibility index (Phi) is 5.51. The molecule has 0 aliphatic heterocycles. The fraction of sp³-hybridized carbons (Fsp3) is 0.200. The van der Waals surface area contributed by atoms with Crippen LogP contribution in [-0.2, 0) is 6.42 Å². The van der Waals surface area contributed by atoms with Crippen LogP contribution in [0, 0.1) is 0 Å². The molecule has 112 valence electrons. The maximum Gasteiger partial charge on any atom is 0.156 e. The second kappa shape index (κ2) is 7.16. The molecule has 6 heteroatoms. The molecule has 2 N–H and O–H groups in total. The zero-order valence-corrected chi connectivity index (χ0v) is 13.4. The first-order chi connectivity index (χ1) is 9.99. The molecule has 3 nitrogen and oxygen atoms in total. The van der Waals surface area contributed by atoms with Crippen molar-refractivity contribution in [1.82, 2.24) is 0 Å². The first-order valence-corrected chi connectivity index (χ1v) is 7.50. The van der Waals surface area contributed by atoms with Gasteiger partial charge in [-0.3, -0.25) is 0 Å². The quantitative estimate of drug-likeness (QED) is 0.544. The number of benzene rings is 2. The van der Waals surface area contributed by atoms with Crippen molar-refractivity contribution in [3.63, 3.8) is 0 Å². The van der Waals surface area contributed by atoms with Gasteiger partial charge in [0.2, 0.25) is 0 Å². The molecular formula is C15H14Cl2O3S. The second-order valence-corrected chi connectivity index (χ2v) is 5.74. The normalized spacial score (nSPS) is 10.6. The molecule has 0 saturated carbocycles. The van der Waals surface area contributed by atoms with Crippen LogP contribution >= 0.6 is 35.8 Å². The number of phenols is 2. The molecule has 0 heterocycles. The fourth-order valence-electron chi connectivity index (χ4n) is 1.90. The number of phenolic OH excluding ortho intramolecular Hbond substituents is 2. The van der Waals surface area contributed by atoms with E-state index in [9.17, 15) is 10.2 Å². The Morgan fingerprint density at radius 3 is 2.43 bits per heavy atom. The Labute approximate surface area is 138 Å². The SMILES string of the molecule is Oc1cc(Cl)c(OCCCc2cccc(O)c2S)c(Cl)c1. The highest BCUT2D eigenvalue weighted by molar-refractivity contribution is 7.80. The molecule has 0 bridgehead atoms. The van der Waals surface area contributed by atoms with Crippen LogP contribution in [0.4, 0.5) is 0 Å². The van der Waals surface area contributed by atoms with E-state index in [-0.39, 0.29) is 21.5 Å². The highest BCUT2D eigenvalue weighted by atomic mass is 35.5. The molecule has 0 fully saturated rings. The standard InChI is InChI=1S/C15H14Cl2O3S/c16-11-7-10(18)8-12(17)14(11)20-6-2-4-9-3-1-5-13(19)15(9)21/h1,3,5,7-8,18-19,21H,2,4,6H2. The van der Waals surface area contributed by atoms with Gasteiger partial charge in [-0.05, 0) is 24.5 Å². The maximum absolute atomic E-state index is 9.57. The summed E-state index contributed by atoms with van der Waals surface area (Å²) < 4.78 is 5.55. The van der Waals surface area contributed by atoms with E-state index < -0.39 is 0 Å². The summed E-state index contributed by atoms with van der Waals surface area (Å²) >= 11 is 16.2. The molecule has 0 unspecified atom stereocenters. The summed E-state index contributed by atoms with van der Waals surface area (Å²) in [6.07, 6.45) is 1.42. The number of halogens is 2. The lowest BCUT2D eigenvalue weighted by atomic mass is 10.1. The minimum absolute atomic E-state index is 0.00294. The third kappa shape index (κ3) is 4.13. The van der Waals surface area contributed by atoms with Crippen LogP contribution in [0.1, 0.15) is 12.0 Å². The Morgan fingerprint density at radius 2 is 1.76 bits per heavy atom. The van der Waals surface area contributed by atoms with Gasteiger partial charge in [0.05, 0.1) is 16.7 Å². The van der Waals surface area contributed by atoms with Crippen molar-refractivity contribution in [2.75, 3.05) is 6.61 Å². The van der Waals surface area contributed by atoms with E-state index in [0.29, 0.717) is 30.1 Å². The van der Waals surface area contributed by atoms with Gasteiger partial charge in [-0.25, -0.2) is 0 Å². The van der Waals surface area contributed by atoms with Crippen LogP contribution in [-0.4, -0.2) is 16.8 Å². The van der Waals surface area contributed by atoms with Gasteiger partial charge in [-0.2, -0.15) is 0 Å². The highest BCUT2D eigenvalue weighted by Gasteiger charge is 2.10. The molecular weight excluding hydrogens is 331 g/mol. The smallest absolute Gasteiger partial charge is 0.156 e. The van der Waals surface area contributed by atoms with Gasteiger partial charge in [0.15, 0.2) is 5.75 Å². The molecule has 0 saturated heterocycles. The molecule has 0 radical (unpaired) electrons. The largest absolute Gasteiger partial charge is 0.508 e. The average Bonchev–Trinajstić information content (AvgIpc) is 2.41. The van der Waals surface area contributed by atoms with Gasteiger partial charge >= 0.3 is 0 Å². The van der Waals surface area contributed by atoms with Crippen molar-refractivity contribution in [3.05, 3.63) is 45.9 Å². The number of hydrogen-bond acceptors (Lipinski definition) is 4. The van der Waals surface area contributed by atoms with Gasteiger partial charge in [-0.1, -0.05) is 35.3 Å². The lowest BCUT2D eigenvalue weighted by molar-refractivity contribution is 0.310. The monoisotopic (exact) mass is 344 g/mol. The summed E-state index contributed by atoms with van der Waals surface area (Å²) in [6, 6.07) is 8.04. The van der Waals surface area contributed by atoms with Gasteiger partial charge in [-0.15, -0.1) is 12.6 Å². The van der Waals surface area contributed by atoms with E-state index in [1.54, 1.807) is 12.1 Å². The van der Waals surface area contributed by atoms with Crippen molar-refractivity contribution >= 4 is 35.8 Å². The Morgan fingerprint density at radius 1 is 1.10 bits per heavy atom. The zero-order valence-electron chi connectivity index (χ0n) is 11.0. The number of aryl methyl sites for hydroxylation is 1. The van der Waals surface area contributed by atoms with Gasteiger partial charge in [0.25, 0.3) is 0 Å². The zero-order chi connectivity index (χ0) is 15.4. The molecule has 0 aliphatic carbocycles. The number of thiol groups is 1. The lowest BCUT2D eigenvalue weighted by Crippen LogP contribution is -2.01. The van der Waals surface area contributed by atoms with Gasteiger partial charge in [0.1, 0.15) is 11.5 Å². The molecule has 0 aromatic heterocycles. The van der Waals surface area contributed by atoms with E-state index in [0.717, 1.165) is 5.56 Å². The van der Waals surface area contributed by atoms with Crippen molar-refractivity contribution in [2.24, 2.45) is 0 Å². The van der Waals surface area contributed by atoms with Crippen LogP contribution in [0.15, 0.2) is 35.2 Å². The number of hydrogen-bond donors (Lipinski definition) is 3. The third-order valence-electron chi connectivity index (χ3n) is 2.92. The molecule has 0 atom stereocenters. The minimum Gasteiger partial charge on any atom is -0.508 e. The summed E-state index contributed by atoms with van der Waals surface area (Å²) in [6.45, 7) is 0.410. The Balaban J connectivity index is 1.92. The number of rotatable bonds is 5. The number of aromatic hydroxyl groups is 2. The average molecular weight is 345 g/mol. The summed E-state index contributed by atoms with van der Waals surface area (Å²) in [5.41, 5.74) is 0.949. The fourth-order valence-corrected chi connectivity index (χ4v) is 2.75. The first kappa shape index (κ1) is 16.1. The van der Waals surface area contributed by atoms with Gasteiger partial charge in [0, 0.05) is 17.0 Å². The van der Waals surface area contributed by atoms with Crippen LogP contribution in [0.2, 0.25) is 10.0 Å². The van der Waals surface area contributed by atoms with Crippen LogP contribution in [0.5, 0.6) is 17.2 Å². The molecule has 0 aliphatic rings. The lowest BCUT2D eigenvalue weighted by Gasteiger charge is -2.11. The second-order valence-electron chi connectivity index (χ2n) is 4.48. The minimum atomic E-state index is -0.00294. The number of ether oxygens (including phenoxy) is 1. The van der Waals surface area contributed by atoms with Crippen molar-refractivity contribution in [3.8, 4) is 17.2 Å². The highest BCUT2D eigenvalue weighted by Crippen LogP contribution is 2.36. The van der Waals surface area contributed by atoms with Crippen LogP contribution in [0.25, 0.3) is 0 Å². The predicted octanol–water partition coefficient (Wildman–Crippen LogP) is 4.70. The van der Waals surface area contributed by atoms with Crippen LogP contribution in [0.3, 0.4) is 0 Å². The molecule has 0 amide bonds. The molecule has 2 aromatic rings. The van der Waals surface area contributed by atoms with Crippen molar-refractivity contribution in [1.29, 1.82) is 0 Å². The van der Waals surface area contributed by atoms with E-state index in [1.807, 2.05) is 6.07 Å². The summed E-state index contributed by atoms with van der Waals surface area (Å²) in [5.74, 6) is 0.524. The van der Waals surface area contributed by atoms with E-state index >= 15 is 0 Å². The first-order valence-electron chi connectivity index (χ1n) is 6.29. The van der Waals surface area contributed by atoms with Crippen LogP contribution < -0.4 is 4.74 Å². The van der Waals surface area contributed by atoms with Gasteiger partial charge < -0.3 is 14.9 Å². The third-order valence-corrected chi connectivity index (χ3v) is 4.00. The Hall–Kier alpha value is -1.23. The van der Waals surface area contributed by atoms with E-state index in [4.69, 9.17) is 27.9 Å². The predicted molar refractivity (Wildman–Crippen MR) is 87.3 cm³/mol. The summed E-state index contributed by atoms with van der Waals surface area (Å²) in [5, 5.41) is 19.4.